The van der Waals surface area contributed by atoms with Crippen molar-refractivity contribution >= 4 is 23.2 Å². The first kappa shape index (κ1) is 17.6. The second-order valence-electron chi connectivity index (χ2n) is 6.07. The molecule has 3 aromatic rings. The highest BCUT2D eigenvalue weighted by atomic mass is 16.7. The van der Waals surface area contributed by atoms with Crippen LogP contribution in [0.25, 0.3) is 0 Å². The first-order chi connectivity index (χ1) is 13.7. The van der Waals surface area contributed by atoms with E-state index in [1.54, 1.807) is 19.2 Å². The van der Waals surface area contributed by atoms with Crippen molar-refractivity contribution in [3.63, 3.8) is 0 Å². The van der Waals surface area contributed by atoms with Gasteiger partial charge in [-0.05, 0) is 42.0 Å². The number of ether oxygens (including phenoxy) is 3. The molecular weight excluding hydrogens is 360 g/mol. The van der Waals surface area contributed by atoms with Crippen molar-refractivity contribution in [3.8, 4) is 17.2 Å². The monoisotopic (exact) mass is 378 g/mol. The van der Waals surface area contributed by atoms with Crippen LogP contribution in [0, 0.1) is 0 Å². The number of rotatable bonds is 6. The summed E-state index contributed by atoms with van der Waals surface area (Å²) in [6.07, 6.45) is 0.239. The van der Waals surface area contributed by atoms with Crippen LogP contribution >= 0.6 is 0 Å². The zero-order valence-corrected chi connectivity index (χ0v) is 15.1. The first-order valence-corrected chi connectivity index (χ1v) is 8.63. The lowest BCUT2D eigenvalue weighted by atomic mass is 10.1. The Bertz CT molecular complexity index is 975. The fourth-order valence-electron chi connectivity index (χ4n) is 2.70. The minimum Gasteiger partial charge on any atom is -0.497 e. The molecule has 0 fully saturated rings. The maximum absolute atomic E-state index is 12.2. The van der Waals surface area contributed by atoms with Crippen LogP contribution in [0.5, 0.6) is 17.2 Å². The topological polar surface area (TPSA) is 94.6 Å². The average molecular weight is 378 g/mol. The van der Waals surface area contributed by atoms with Gasteiger partial charge in [0.05, 0.1) is 13.5 Å². The third kappa shape index (κ3) is 4.12. The van der Waals surface area contributed by atoms with Crippen LogP contribution in [0.1, 0.15) is 5.56 Å². The Kier molecular flexibility index (Phi) is 4.92. The number of fused-ring (bicyclic) bond motifs is 1. The van der Waals surface area contributed by atoms with E-state index in [1.807, 2.05) is 42.5 Å². The largest absolute Gasteiger partial charge is 0.497 e. The summed E-state index contributed by atoms with van der Waals surface area (Å²) in [7, 11) is 1.60. The van der Waals surface area contributed by atoms with Gasteiger partial charge in [0.1, 0.15) is 5.75 Å². The summed E-state index contributed by atoms with van der Waals surface area (Å²) in [5.74, 6) is 2.91. The summed E-state index contributed by atoms with van der Waals surface area (Å²) in [5, 5.41) is 14.0. The van der Waals surface area contributed by atoms with Crippen molar-refractivity contribution in [3.05, 3.63) is 60.2 Å². The molecule has 142 valence electrons. The Morgan fingerprint density at radius 2 is 1.75 bits per heavy atom. The number of benzene rings is 2. The van der Waals surface area contributed by atoms with Gasteiger partial charge < -0.3 is 24.8 Å². The third-order valence-corrected chi connectivity index (χ3v) is 4.10. The Labute approximate surface area is 161 Å². The van der Waals surface area contributed by atoms with Crippen LogP contribution in [-0.2, 0) is 11.2 Å². The molecular formula is C20H18N4O4. The van der Waals surface area contributed by atoms with E-state index in [9.17, 15) is 4.79 Å². The maximum atomic E-state index is 12.2. The molecule has 2 heterocycles. The van der Waals surface area contributed by atoms with Crippen molar-refractivity contribution in [1.82, 2.24) is 10.2 Å². The Morgan fingerprint density at radius 1 is 1.00 bits per heavy atom. The van der Waals surface area contributed by atoms with Crippen LogP contribution in [0.2, 0.25) is 0 Å². The molecule has 2 N–H and O–H groups in total. The van der Waals surface area contributed by atoms with Crippen molar-refractivity contribution in [2.24, 2.45) is 0 Å². The van der Waals surface area contributed by atoms with Gasteiger partial charge >= 0.3 is 0 Å². The first-order valence-electron chi connectivity index (χ1n) is 8.63. The lowest BCUT2D eigenvalue weighted by molar-refractivity contribution is -0.115. The van der Waals surface area contributed by atoms with Crippen molar-refractivity contribution < 1.29 is 19.0 Å². The molecule has 8 heteroatoms. The van der Waals surface area contributed by atoms with E-state index in [-0.39, 0.29) is 19.1 Å². The summed E-state index contributed by atoms with van der Waals surface area (Å²) in [6, 6.07) is 16.3. The molecule has 0 atom stereocenters. The van der Waals surface area contributed by atoms with E-state index < -0.39 is 0 Å². The summed E-state index contributed by atoms with van der Waals surface area (Å²) in [6.45, 7) is 0.226. The quantitative estimate of drug-likeness (QED) is 0.680. The fourth-order valence-corrected chi connectivity index (χ4v) is 2.70. The predicted octanol–water partition coefficient (Wildman–Crippen LogP) is 3.14. The molecule has 1 aliphatic rings. The highest BCUT2D eigenvalue weighted by Gasteiger charge is 2.13. The molecule has 0 saturated heterocycles. The summed E-state index contributed by atoms with van der Waals surface area (Å²) in [4.78, 5) is 12.2. The van der Waals surface area contributed by atoms with E-state index in [0.717, 1.165) is 17.0 Å². The molecule has 0 saturated carbocycles. The van der Waals surface area contributed by atoms with Gasteiger partial charge in [0.25, 0.3) is 0 Å². The highest BCUT2D eigenvalue weighted by Crippen LogP contribution is 2.34. The summed E-state index contributed by atoms with van der Waals surface area (Å²) >= 11 is 0. The normalized spacial score (nSPS) is 11.8. The van der Waals surface area contributed by atoms with Gasteiger partial charge in [-0.3, -0.25) is 4.79 Å². The van der Waals surface area contributed by atoms with E-state index in [0.29, 0.717) is 23.1 Å². The Balaban J connectivity index is 1.34. The molecule has 1 amide bonds. The van der Waals surface area contributed by atoms with Crippen molar-refractivity contribution in [2.45, 2.75) is 6.42 Å². The molecule has 1 aliphatic heterocycles. The molecule has 0 unspecified atom stereocenters. The van der Waals surface area contributed by atoms with E-state index in [4.69, 9.17) is 14.2 Å². The van der Waals surface area contributed by atoms with Crippen molar-refractivity contribution in [2.75, 3.05) is 24.5 Å². The number of anilines is 3. The van der Waals surface area contributed by atoms with Gasteiger partial charge in [-0.15, -0.1) is 10.2 Å². The van der Waals surface area contributed by atoms with Crippen LogP contribution in [0.3, 0.4) is 0 Å². The molecule has 28 heavy (non-hydrogen) atoms. The maximum Gasteiger partial charge on any atom is 0.231 e. The third-order valence-electron chi connectivity index (χ3n) is 4.10. The van der Waals surface area contributed by atoms with Gasteiger partial charge in [-0.2, -0.15) is 0 Å². The zero-order chi connectivity index (χ0) is 19.3. The number of hydrogen-bond acceptors (Lipinski definition) is 7. The summed E-state index contributed by atoms with van der Waals surface area (Å²) in [5.41, 5.74) is 1.68. The number of nitrogens with zero attached hydrogens (tertiary/aromatic N) is 2. The smallest absolute Gasteiger partial charge is 0.231 e. The molecule has 0 spiro atoms. The zero-order valence-electron chi connectivity index (χ0n) is 15.1. The molecule has 1 aromatic heterocycles. The number of nitrogens with one attached hydrogen (secondary N) is 2. The Morgan fingerprint density at radius 3 is 2.50 bits per heavy atom. The predicted molar refractivity (Wildman–Crippen MR) is 103 cm³/mol. The molecule has 0 bridgehead atoms. The lowest BCUT2D eigenvalue weighted by Gasteiger charge is -2.08. The number of methoxy groups -OCH3 is 1. The van der Waals surface area contributed by atoms with Crippen LogP contribution < -0.4 is 24.8 Å². The van der Waals surface area contributed by atoms with Gasteiger partial charge in [0, 0.05) is 11.8 Å². The Hall–Kier alpha value is -3.81. The highest BCUT2D eigenvalue weighted by molar-refractivity contribution is 5.91. The van der Waals surface area contributed by atoms with Crippen molar-refractivity contribution in [1.29, 1.82) is 0 Å². The van der Waals surface area contributed by atoms with Gasteiger partial charge in [0.2, 0.25) is 12.7 Å². The van der Waals surface area contributed by atoms with Gasteiger partial charge in [0.15, 0.2) is 23.1 Å². The van der Waals surface area contributed by atoms with E-state index >= 15 is 0 Å². The number of carbonyl (C=O) groups excluding carboxylic acids is 1. The molecule has 8 nitrogen and oxygen atoms in total. The lowest BCUT2D eigenvalue weighted by Crippen LogP contribution is -2.15. The van der Waals surface area contributed by atoms with Gasteiger partial charge in [-0.1, -0.05) is 12.1 Å². The number of aromatic nitrogens is 2. The molecule has 0 aliphatic carbocycles. The van der Waals surface area contributed by atoms with Crippen LogP contribution in [-0.4, -0.2) is 30.0 Å². The number of amides is 1. The molecule has 0 radical (unpaired) electrons. The fraction of sp³-hybridized carbons (Fsp3) is 0.150. The molecule has 2 aromatic carbocycles. The average Bonchev–Trinajstić information content (AvgIpc) is 3.18. The molecule has 4 rings (SSSR count). The SMILES string of the molecule is COc1ccc(CC(=O)Nc2ccc(Nc3ccc4c(c3)OCO4)nn2)cc1. The van der Waals surface area contributed by atoms with E-state index in [2.05, 4.69) is 20.8 Å². The number of hydrogen-bond donors (Lipinski definition) is 2. The minimum atomic E-state index is -0.170. The van der Waals surface area contributed by atoms with Crippen LogP contribution in [0.4, 0.5) is 17.3 Å². The van der Waals surface area contributed by atoms with Gasteiger partial charge in [-0.25, -0.2) is 0 Å². The standard InChI is InChI=1S/C20H18N4O4/c1-26-15-5-2-13(3-6-15)10-20(25)22-19-9-8-18(23-24-19)21-14-4-7-16-17(11-14)28-12-27-16/h2-9,11H,10,12H2,1H3,(H,21,23)(H,22,24,25). The van der Waals surface area contributed by atoms with Crippen LogP contribution in [0.15, 0.2) is 54.6 Å². The second-order valence-corrected chi connectivity index (χ2v) is 6.07. The second kappa shape index (κ2) is 7.83. The number of carbonyl (C=O) groups is 1. The van der Waals surface area contributed by atoms with E-state index in [1.165, 1.54) is 0 Å². The minimum absolute atomic E-state index is 0.170. The summed E-state index contributed by atoms with van der Waals surface area (Å²) < 4.78 is 15.7.